The Bertz CT molecular complexity index is 753. The molecular formula is C17H19N3O2S. The van der Waals surface area contributed by atoms with E-state index in [2.05, 4.69) is 10.3 Å². The number of nitrogens with one attached hydrogen (secondary N) is 2. The largest absolute Gasteiger partial charge is 0.360 e. The summed E-state index contributed by atoms with van der Waals surface area (Å²) in [5.41, 5.74) is 1.58. The monoisotopic (exact) mass is 329 g/mol. The van der Waals surface area contributed by atoms with Crippen molar-refractivity contribution in [3.63, 3.8) is 0 Å². The fourth-order valence-corrected chi connectivity index (χ4v) is 4.10. The summed E-state index contributed by atoms with van der Waals surface area (Å²) in [6.07, 6.45) is 4.16. The van der Waals surface area contributed by atoms with Crippen LogP contribution in [0.15, 0.2) is 30.5 Å². The third-order valence-electron chi connectivity index (χ3n) is 4.53. The van der Waals surface area contributed by atoms with Gasteiger partial charge in [-0.25, -0.2) is 0 Å². The summed E-state index contributed by atoms with van der Waals surface area (Å²) >= 11 is 1.63. The number of aromatic amines is 1. The van der Waals surface area contributed by atoms with Crippen molar-refractivity contribution >= 4 is 34.5 Å². The third-order valence-corrected chi connectivity index (χ3v) is 5.54. The zero-order valence-corrected chi connectivity index (χ0v) is 13.6. The molecule has 1 atom stereocenters. The van der Waals surface area contributed by atoms with Gasteiger partial charge >= 0.3 is 0 Å². The summed E-state index contributed by atoms with van der Waals surface area (Å²) in [7, 11) is 0. The molecule has 23 heavy (non-hydrogen) atoms. The highest BCUT2D eigenvalue weighted by atomic mass is 32.2. The zero-order chi connectivity index (χ0) is 15.8. The van der Waals surface area contributed by atoms with Crippen LogP contribution < -0.4 is 5.32 Å². The molecule has 1 saturated heterocycles. The molecule has 2 N–H and O–H groups in total. The van der Waals surface area contributed by atoms with E-state index >= 15 is 0 Å². The standard InChI is InChI=1S/C17H19N3O2S/c21-16(19-7-11-5-6-11)15-9-23-10-20(15)17(22)13-8-18-14-4-2-1-3-12(13)14/h1-4,8,11,15,18H,5-7,9-10H2,(H,19,21)/t15-/m1/s1. The second kappa shape index (κ2) is 5.92. The Labute approximate surface area is 138 Å². The van der Waals surface area contributed by atoms with E-state index in [-0.39, 0.29) is 17.9 Å². The maximum atomic E-state index is 12.9. The van der Waals surface area contributed by atoms with Gasteiger partial charge in [0.1, 0.15) is 6.04 Å². The van der Waals surface area contributed by atoms with Crippen molar-refractivity contribution in [1.29, 1.82) is 0 Å². The summed E-state index contributed by atoms with van der Waals surface area (Å²) in [5.74, 6) is 1.80. The molecular weight excluding hydrogens is 310 g/mol. The Morgan fingerprint density at radius 3 is 2.96 bits per heavy atom. The van der Waals surface area contributed by atoms with Crippen molar-refractivity contribution < 1.29 is 9.59 Å². The van der Waals surface area contributed by atoms with Gasteiger partial charge in [0.15, 0.2) is 0 Å². The van der Waals surface area contributed by atoms with Crippen LogP contribution in [0.1, 0.15) is 23.2 Å². The van der Waals surface area contributed by atoms with Crippen LogP contribution in [0.5, 0.6) is 0 Å². The Morgan fingerprint density at radius 2 is 2.13 bits per heavy atom. The van der Waals surface area contributed by atoms with E-state index in [0.717, 1.165) is 17.4 Å². The number of hydrogen-bond acceptors (Lipinski definition) is 3. The molecule has 2 aliphatic rings. The number of fused-ring (bicyclic) bond motifs is 1. The Hall–Kier alpha value is -1.95. The van der Waals surface area contributed by atoms with Crippen LogP contribution in [0.3, 0.4) is 0 Å². The molecule has 1 aromatic heterocycles. The van der Waals surface area contributed by atoms with Crippen molar-refractivity contribution in [2.24, 2.45) is 5.92 Å². The molecule has 0 radical (unpaired) electrons. The van der Waals surface area contributed by atoms with Crippen molar-refractivity contribution in [3.8, 4) is 0 Å². The van der Waals surface area contributed by atoms with E-state index < -0.39 is 0 Å². The third kappa shape index (κ3) is 2.83. The predicted molar refractivity (Wildman–Crippen MR) is 91.3 cm³/mol. The van der Waals surface area contributed by atoms with E-state index in [1.54, 1.807) is 22.9 Å². The number of para-hydroxylation sites is 1. The smallest absolute Gasteiger partial charge is 0.257 e. The second-order valence-electron chi connectivity index (χ2n) is 6.23. The number of thioether (sulfide) groups is 1. The van der Waals surface area contributed by atoms with Crippen LogP contribution in [0.25, 0.3) is 10.9 Å². The number of benzene rings is 1. The Kier molecular flexibility index (Phi) is 3.77. The predicted octanol–water partition coefficient (Wildman–Crippen LogP) is 2.21. The lowest BCUT2D eigenvalue weighted by Gasteiger charge is -2.23. The van der Waals surface area contributed by atoms with Gasteiger partial charge < -0.3 is 15.2 Å². The summed E-state index contributed by atoms with van der Waals surface area (Å²) in [6, 6.07) is 7.38. The van der Waals surface area contributed by atoms with Crippen molar-refractivity contribution in [1.82, 2.24) is 15.2 Å². The minimum absolute atomic E-state index is 0.0184. The normalized spacial score (nSPS) is 20.9. The van der Waals surface area contributed by atoms with Gasteiger partial charge in [-0.15, -0.1) is 11.8 Å². The molecule has 2 fully saturated rings. The lowest BCUT2D eigenvalue weighted by atomic mass is 10.1. The first kappa shape index (κ1) is 14.6. The lowest BCUT2D eigenvalue weighted by molar-refractivity contribution is -0.124. The molecule has 2 amide bonds. The van der Waals surface area contributed by atoms with Crippen LogP contribution in [-0.2, 0) is 4.79 Å². The highest BCUT2D eigenvalue weighted by Crippen LogP contribution is 2.29. The van der Waals surface area contributed by atoms with Gasteiger partial charge in [0.25, 0.3) is 5.91 Å². The summed E-state index contributed by atoms with van der Waals surface area (Å²) < 4.78 is 0. The molecule has 0 bridgehead atoms. The fraction of sp³-hybridized carbons (Fsp3) is 0.412. The molecule has 0 unspecified atom stereocenters. The topological polar surface area (TPSA) is 65.2 Å². The van der Waals surface area contributed by atoms with E-state index in [9.17, 15) is 9.59 Å². The molecule has 1 aromatic carbocycles. The maximum Gasteiger partial charge on any atom is 0.257 e. The molecule has 6 heteroatoms. The molecule has 1 aliphatic heterocycles. The number of carbonyl (C=O) groups is 2. The first-order valence-electron chi connectivity index (χ1n) is 7.96. The number of amides is 2. The Balaban J connectivity index is 1.53. The molecule has 0 spiro atoms. The molecule has 1 saturated carbocycles. The average Bonchev–Trinajstić information content (AvgIpc) is 3.11. The zero-order valence-electron chi connectivity index (χ0n) is 12.7. The first-order valence-corrected chi connectivity index (χ1v) is 9.12. The minimum atomic E-state index is -0.361. The highest BCUT2D eigenvalue weighted by molar-refractivity contribution is 7.99. The molecule has 2 aromatic rings. The van der Waals surface area contributed by atoms with Gasteiger partial charge in [0.2, 0.25) is 5.91 Å². The number of aromatic nitrogens is 1. The van der Waals surface area contributed by atoms with Crippen LogP contribution in [0.2, 0.25) is 0 Å². The molecule has 2 heterocycles. The number of carbonyl (C=O) groups excluding carboxylic acids is 2. The van der Waals surface area contributed by atoms with E-state index in [4.69, 9.17) is 0 Å². The van der Waals surface area contributed by atoms with Crippen molar-refractivity contribution in [2.75, 3.05) is 18.2 Å². The summed E-state index contributed by atoms with van der Waals surface area (Å²) in [4.78, 5) is 30.1. The van der Waals surface area contributed by atoms with Gasteiger partial charge in [-0.2, -0.15) is 0 Å². The van der Waals surface area contributed by atoms with Gasteiger partial charge in [0, 0.05) is 29.4 Å². The second-order valence-corrected chi connectivity index (χ2v) is 7.23. The summed E-state index contributed by atoms with van der Waals surface area (Å²) in [6.45, 7) is 0.745. The fourth-order valence-electron chi connectivity index (χ4n) is 2.95. The molecule has 120 valence electrons. The van der Waals surface area contributed by atoms with E-state index in [0.29, 0.717) is 23.1 Å². The SMILES string of the molecule is O=C(NCC1CC1)[C@H]1CSCN1C(=O)c1c[nH]c2ccccc12. The minimum Gasteiger partial charge on any atom is -0.360 e. The first-order chi connectivity index (χ1) is 11.2. The highest BCUT2D eigenvalue weighted by Gasteiger charge is 2.36. The van der Waals surface area contributed by atoms with Crippen molar-refractivity contribution in [3.05, 3.63) is 36.0 Å². The van der Waals surface area contributed by atoms with E-state index in [1.165, 1.54) is 12.8 Å². The maximum absolute atomic E-state index is 12.9. The van der Waals surface area contributed by atoms with Crippen LogP contribution >= 0.6 is 11.8 Å². The number of nitrogens with zero attached hydrogens (tertiary/aromatic N) is 1. The molecule has 5 nitrogen and oxygen atoms in total. The number of hydrogen-bond donors (Lipinski definition) is 2. The van der Waals surface area contributed by atoms with Crippen LogP contribution in [0.4, 0.5) is 0 Å². The Morgan fingerprint density at radius 1 is 1.30 bits per heavy atom. The van der Waals surface area contributed by atoms with Gasteiger partial charge in [-0.3, -0.25) is 9.59 Å². The number of rotatable bonds is 4. The quantitative estimate of drug-likeness (QED) is 0.904. The average molecular weight is 329 g/mol. The number of H-pyrrole nitrogens is 1. The lowest BCUT2D eigenvalue weighted by Crippen LogP contribution is -2.47. The van der Waals surface area contributed by atoms with Crippen LogP contribution in [0, 0.1) is 5.92 Å². The van der Waals surface area contributed by atoms with Crippen molar-refractivity contribution in [2.45, 2.75) is 18.9 Å². The summed E-state index contributed by atoms with van der Waals surface area (Å²) in [5, 5.41) is 3.91. The van der Waals surface area contributed by atoms with Crippen LogP contribution in [-0.4, -0.2) is 45.9 Å². The molecule has 1 aliphatic carbocycles. The van der Waals surface area contributed by atoms with E-state index in [1.807, 2.05) is 24.3 Å². The van der Waals surface area contributed by atoms with Gasteiger partial charge in [-0.1, -0.05) is 18.2 Å². The van der Waals surface area contributed by atoms with Gasteiger partial charge in [-0.05, 0) is 24.8 Å². The van der Waals surface area contributed by atoms with Gasteiger partial charge in [0.05, 0.1) is 11.4 Å². The molecule has 4 rings (SSSR count).